The van der Waals surface area contributed by atoms with Gasteiger partial charge in [0.2, 0.25) is 10.0 Å². The van der Waals surface area contributed by atoms with Crippen molar-refractivity contribution in [3.05, 3.63) is 65.9 Å². The van der Waals surface area contributed by atoms with E-state index in [9.17, 15) is 22.3 Å². The predicted molar refractivity (Wildman–Crippen MR) is 109 cm³/mol. The van der Waals surface area contributed by atoms with Gasteiger partial charge in [-0.05, 0) is 24.3 Å². The first-order chi connectivity index (χ1) is 14.3. The van der Waals surface area contributed by atoms with E-state index in [1.54, 1.807) is 0 Å². The fraction of sp³-hybridized carbons (Fsp3) is 0.333. The van der Waals surface area contributed by atoms with Crippen molar-refractivity contribution in [1.29, 1.82) is 0 Å². The maximum atomic E-state index is 13.5. The summed E-state index contributed by atoms with van der Waals surface area (Å²) in [5, 5.41) is 11.8. The highest BCUT2D eigenvalue weighted by molar-refractivity contribution is 7.89. The van der Waals surface area contributed by atoms with Crippen molar-refractivity contribution in [3.8, 4) is 0 Å². The zero-order valence-electron chi connectivity index (χ0n) is 16.5. The number of β-amino-alcohol motifs (C(OH)–C–C–N with tert-alkyl or cyclic N) is 1. The van der Waals surface area contributed by atoms with Crippen LogP contribution in [0.1, 0.15) is 11.7 Å². The summed E-state index contributed by atoms with van der Waals surface area (Å²) < 4.78 is 55.3. The Morgan fingerprint density at radius 3 is 2.43 bits per heavy atom. The zero-order chi connectivity index (χ0) is 21.5. The van der Waals surface area contributed by atoms with Crippen LogP contribution in [-0.4, -0.2) is 60.0 Å². The topological polar surface area (TPSA) is 65.8 Å². The molecule has 0 spiro atoms. The van der Waals surface area contributed by atoms with Gasteiger partial charge >= 0.3 is 0 Å². The third-order valence-electron chi connectivity index (χ3n) is 5.58. The van der Waals surface area contributed by atoms with Crippen LogP contribution in [0.2, 0.25) is 0 Å². The highest BCUT2D eigenvalue weighted by Gasteiger charge is 2.30. The van der Waals surface area contributed by atoms with E-state index in [0.717, 1.165) is 28.6 Å². The largest absolute Gasteiger partial charge is 0.387 e. The van der Waals surface area contributed by atoms with Gasteiger partial charge in [-0.2, -0.15) is 4.31 Å². The van der Waals surface area contributed by atoms with E-state index in [1.165, 1.54) is 4.31 Å². The number of piperazine rings is 1. The highest BCUT2D eigenvalue weighted by Crippen LogP contribution is 2.27. The number of aliphatic hydroxyl groups is 1. The first-order valence-corrected chi connectivity index (χ1v) is 11.1. The fourth-order valence-electron chi connectivity index (χ4n) is 3.92. The Hall–Kier alpha value is -2.33. The van der Waals surface area contributed by atoms with Crippen molar-refractivity contribution in [2.24, 2.45) is 7.05 Å². The van der Waals surface area contributed by atoms with Gasteiger partial charge in [-0.3, -0.25) is 4.90 Å². The van der Waals surface area contributed by atoms with Gasteiger partial charge in [0.25, 0.3) is 0 Å². The van der Waals surface area contributed by atoms with Gasteiger partial charge < -0.3 is 9.67 Å². The van der Waals surface area contributed by atoms with Gasteiger partial charge in [-0.1, -0.05) is 18.2 Å². The fourth-order valence-corrected chi connectivity index (χ4v) is 5.35. The van der Waals surface area contributed by atoms with E-state index >= 15 is 0 Å². The first-order valence-electron chi connectivity index (χ1n) is 9.67. The molecular formula is C21H23F2N3O3S. The second-order valence-electron chi connectivity index (χ2n) is 7.51. The molecule has 9 heteroatoms. The predicted octanol–water partition coefficient (Wildman–Crippen LogP) is 2.50. The van der Waals surface area contributed by atoms with Crippen molar-refractivity contribution in [2.45, 2.75) is 11.0 Å². The molecular weight excluding hydrogens is 412 g/mol. The van der Waals surface area contributed by atoms with E-state index in [0.29, 0.717) is 25.7 Å². The molecule has 1 saturated heterocycles. The van der Waals surface area contributed by atoms with Gasteiger partial charge in [0, 0.05) is 62.4 Å². The Morgan fingerprint density at radius 2 is 1.73 bits per heavy atom. The normalized spacial score (nSPS) is 17.5. The van der Waals surface area contributed by atoms with Crippen molar-refractivity contribution in [2.75, 3.05) is 32.7 Å². The summed E-state index contributed by atoms with van der Waals surface area (Å²) in [4.78, 5) is 1.75. The second kappa shape index (κ2) is 8.07. The molecule has 0 amide bonds. The van der Waals surface area contributed by atoms with Gasteiger partial charge in [0.1, 0.15) is 0 Å². The lowest BCUT2D eigenvalue weighted by Crippen LogP contribution is -2.49. The number of aromatic nitrogens is 1. The molecule has 1 aliphatic rings. The average Bonchev–Trinajstić information content (AvgIpc) is 3.07. The van der Waals surface area contributed by atoms with E-state index in [-0.39, 0.29) is 18.0 Å². The number of aliphatic hydroxyl groups excluding tert-OH is 1. The van der Waals surface area contributed by atoms with Crippen LogP contribution in [0.4, 0.5) is 8.78 Å². The minimum atomic E-state index is -3.90. The minimum Gasteiger partial charge on any atom is -0.387 e. The van der Waals surface area contributed by atoms with Crippen LogP contribution >= 0.6 is 0 Å². The minimum absolute atomic E-state index is 0.212. The Labute approximate surface area is 174 Å². The zero-order valence-corrected chi connectivity index (χ0v) is 17.3. The summed E-state index contributed by atoms with van der Waals surface area (Å²) in [5.74, 6) is -2.27. The Kier molecular flexibility index (Phi) is 5.63. The van der Waals surface area contributed by atoms with Crippen LogP contribution < -0.4 is 0 Å². The number of hydrogen-bond acceptors (Lipinski definition) is 4. The summed E-state index contributed by atoms with van der Waals surface area (Å²) in [6, 6.07) is 10.4. The third kappa shape index (κ3) is 3.85. The third-order valence-corrected chi connectivity index (χ3v) is 7.47. The SMILES string of the molecule is Cn1cc(C(O)CN2CCN(S(=O)(=O)c3ccc(F)c(F)c3)CC2)c2ccccc21. The Morgan fingerprint density at radius 1 is 1.03 bits per heavy atom. The molecule has 0 radical (unpaired) electrons. The smallest absolute Gasteiger partial charge is 0.243 e. The molecule has 0 saturated carbocycles. The molecule has 30 heavy (non-hydrogen) atoms. The van der Waals surface area contributed by atoms with E-state index in [1.807, 2.05) is 47.0 Å². The van der Waals surface area contributed by atoms with E-state index in [4.69, 9.17) is 0 Å². The molecule has 1 N–H and O–H groups in total. The van der Waals surface area contributed by atoms with Gasteiger partial charge in [-0.15, -0.1) is 0 Å². The van der Waals surface area contributed by atoms with Crippen molar-refractivity contribution < 1.29 is 22.3 Å². The van der Waals surface area contributed by atoms with E-state index < -0.39 is 27.8 Å². The van der Waals surface area contributed by atoms with Gasteiger partial charge in [-0.25, -0.2) is 17.2 Å². The maximum absolute atomic E-state index is 13.5. The summed E-state index contributed by atoms with van der Waals surface area (Å²) in [6.45, 7) is 1.68. The molecule has 1 aromatic heterocycles. The van der Waals surface area contributed by atoms with Crippen LogP contribution in [0.3, 0.4) is 0 Å². The lowest BCUT2D eigenvalue weighted by molar-refractivity contribution is 0.0929. The lowest BCUT2D eigenvalue weighted by atomic mass is 10.1. The van der Waals surface area contributed by atoms with Crippen molar-refractivity contribution >= 4 is 20.9 Å². The van der Waals surface area contributed by atoms with Crippen LogP contribution in [0.15, 0.2) is 53.6 Å². The first kappa shape index (κ1) is 20.9. The quantitative estimate of drug-likeness (QED) is 0.669. The second-order valence-corrected chi connectivity index (χ2v) is 9.45. The van der Waals surface area contributed by atoms with Crippen LogP contribution in [-0.2, 0) is 17.1 Å². The Balaban J connectivity index is 1.42. The molecule has 160 valence electrons. The number of aryl methyl sites for hydroxylation is 1. The number of para-hydroxylation sites is 1. The maximum Gasteiger partial charge on any atom is 0.243 e. The molecule has 4 rings (SSSR count). The van der Waals surface area contributed by atoms with Crippen LogP contribution in [0.25, 0.3) is 10.9 Å². The summed E-state index contributed by atoms with van der Waals surface area (Å²) in [7, 11) is -1.97. The molecule has 2 heterocycles. The number of halogens is 2. The van der Waals surface area contributed by atoms with Gasteiger partial charge in [0.15, 0.2) is 11.6 Å². The summed E-state index contributed by atoms with van der Waals surface area (Å²) in [5.41, 5.74) is 1.87. The van der Waals surface area contributed by atoms with Crippen molar-refractivity contribution in [1.82, 2.24) is 13.8 Å². The molecule has 1 atom stereocenters. The monoisotopic (exact) mass is 435 g/mol. The standard InChI is InChI=1S/C21H23F2N3O3S/c1-24-13-17(16-4-2-3-5-20(16)24)21(27)14-25-8-10-26(11-9-25)30(28,29)15-6-7-18(22)19(23)12-15/h2-7,12-13,21,27H,8-11,14H2,1H3. The number of nitrogens with zero attached hydrogens (tertiary/aromatic N) is 3. The molecule has 6 nitrogen and oxygen atoms in total. The number of rotatable bonds is 5. The van der Waals surface area contributed by atoms with Crippen LogP contribution in [0.5, 0.6) is 0 Å². The summed E-state index contributed by atoms with van der Waals surface area (Å²) >= 11 is 0. The van der Waals surface area contributed by atoms with Gasteiger partial charge in [0.05, 0.1) is 11.0 Å². The average molecular weight is 435 g/mol. The number of sulfonamides is 1. The molecule has 0 aliphatic carbocycles. The van der Waals surface area contributed by atoms with Crippen molar-refractivity contribution in [3.63, 3.8) is 0 Å². The summed E-state index contributed by atoms with van der Waals surface area (Å²) in [6.07, 6.45) is 1.21. The number of fused-ring (bicyclic) bond motifs is 1. The number of hydrogen-bond donors (Lipinski definition) is 1. The molecule has 1 unspecified atom stereocenters. The molecule has 3 aromatic rings. The molecule has 0 bridgehead atoms. The lowest BCUT2D eigenvalue weighted by Gasteiger charge is -2.34. The van der Waals surface area contributed by atoms with Crippen LogP contribution in [0, 0.1) is 11.6 Å². The molecule has 2 aromatic carbocycles. The highest BCUT2D eigenvalue weighted by atomic mass is 32.2. The Bertz CT molecular complexity index is 1170. The van der Waals surface area contributed by atoms with E-state index in [2.05, 4.69) is 0 Å². The molecule has 1 fully saturated rings. The number of benzene rings is 2. The molecule has 1 aliphatic heterocycles.